The van der Waals surface area contributed by atoms with Crippen LogP contribution in [0.15, 0.2) is 50.5 Å². The fourth-order valence-electron chi connectivity index (χ4n) is 2.04. The van der Waals surface area contributed by atoms with E-state index < -0.39 is 21.6 Å². The number of ether oxygens (including phenoxy) is 1. The van der Waals surface area contributed by atoms with E-state index >= 15 is 0 Å². The Morgan fingerprint density at radius 1 is 1.22 bits per heavy atom. The van der Waals surface area contributed by atoms with Gasteiger partial charge in [-0.1, -0.05) is 0 Å². The Morgan fingerprint density at radius 3 is 2.70 bits per heavy atom. The number of benzene rings is 2. The number of H-pyrrole nitrogens is 1. The number of fused-ring (bicyclic) bond motifs is 1. The topological polar surface area (TPSA) is 101 Å². The predicted molar refractivity (Wildman–Crippen MR) is 80.6 cm³/mol. The normalized spacial score (nSPS) is 11.6. The largest absolute Gasteiger partial charge is 0.494 e. The average Bonchev–Trinajstić information content (AvgIpc) is 2.86. The fourth-order valence-corrected chi connectivity index (χ4v) is 3.10. The number of nitrogens with one attached hydrogen (secondary N) is 2. The van der Waals surface area contributed by atoms with E-state index in [4.69, 9.17) is 9.15 Å². The van der Waals surface area contributed by atoms with Gasteiger partial charge in [0.1, 0.15) is 0 Å². The molecule has 3 aromatic rings. The van der Waals surface area contributed by atoms with Crippen LogP contribution in [0.3, 0.4) is 0 Å². The van der Waals surface area contributed by atoms with Crippen molar-refractivity contribution in [2.24, 2.45) is 0 Å². The monoisotopic (exact) mass is 338 g/mol. The molecular weight excluding hydrogens is 327 g/mol. The van der Waals surface area contributed by atoms with Crippen LogP contribution in [-0.2, 0) is 10.0 Å². The van der Waals surface area contributed by atoms with E-state index in [1.54, 1.807) is 0 Å². The van der Waals surface area contributed by atoms with Crippen molar-refractivity contribution < 1.29 is 22.0 Å². The first-order valence-corrected chi connectivity index (χ1v) is 7.86. The number of sulfonamides is 1. The highest BCUT2D eigenvalue weighted by Gasteiger charge is 2.17. The second-order valence-corrected chi connectivity index (χ2v) is 6.31. The lowest BCUT2D eigenvalue weighted by Crippen LogP contribution is -2.13. The van der Waals surface area contributed by atoms with Gasteiger partial charge in [-0.2, -0.15) is 0 Å². The molecule has 2 N–H and O–H groups in total. The molecule has 0 fully saturated rings. The first-order valence-electron chi connectivity index (χ1n) is 6.38. The lowest BCUT2D eigenvalue weighted by atomic mass is 10.3. The van der Waals surface area contributed by atoms with Gasteiger partial charge < -0.3 is 9.15 Å². The fraction of sp³-hybridized carbons (Fsp3) is 0.0714. The first kappa shape index (κ1) is 15.1. The highest BCUT2D eigenvalue weighted by atomic mass is 32.2. The molecule has 1 heterocycles. The maximum atomic E-state index is 13.6. The van der Waals surface area contributed by atoms with Crippen molar-refractivity contribution >= 4 is 26.8 Å². The number of aromatic nitrogens is 1. The molecule has 0 unspecified atom stereocenters. The second-order valence-electron chi connectivity index (χ2n) is 4.63. The van der Waals surface area contributed by atoms with Crippen LogP contribution in [0.1, 0.15) is 0 Å². The van der Waals surface area contributed by atoms with Crippen LogP contribution >= 0.6 is 0 Å². The number of anilines is 1. The van der Waals surface area contributed by atoms with E-state index in [0.29, 0.717) is 5.52 Å². The molecule has 0 aliphatic rings. The zero-order valence-corrected chi connectivity index (χ0v) is 12.6. The van der Waals surface area contributed by atoms with Crippen LogP contribution in [0.25, 0.3) is 11.1 Å². The van der Waals surface area contributed by atoms with Crippen LogP contribution in [-0.4, -0.2) is 20.5 Å². The summed E-state index contributed by atoms with van der Waals surface area (Å²) in [5.74, 6) is -1.37. The molecule has 0 radical (unpaired) electrons. The average molecular weight is 338 g/mol. The van der Waals surface area contributed by atoms with Gasteiger partial charge in [-0.3, -0.25) is 9.71 Å². The van der Waals surface area contributed by atoms with Gasteiger partial charge in [0.05, 0.1) is 23.2 Å². The standard InChI is InChI=1S/C14H11FN2O5S/c1-21-12-5-2-8(6-10(12)15)17-23(19,20)9-3-4-11-13(7-9)22-14(18)16-11/h2-7,17H,1H3,(H,16,18). The summed E-state index contributed by atoms with van der Waals surface area (Å²) in [6.07, 6.45) is 0. The van der Waals surface area contributed by atoms with Gasteiger partial charge in [0, 0.05) is 12.1 Å². The van der Waals surface area contributed by atoms with E-state index in [9.17, 15) is 17.6 Å². The maximum absolute atomic E-state index is 13.6. The van der Waals surface area contributed by atoms with Crippen molar-refractivity contribution in [2.75, 3.05) is 11.8 Å². The predicted octanol–water partition coefficient (Wildman–Crippen LogP) is 2.07. The number of halogens is 1. The molecule has 3 rings (SSSR count). The Labute approximate surface area is 129 Å². The Balaban J connectivity index is 1.96. The summed E-state index contributed by atoms with van der Waals surface area (Å²) in [6, 6.07) is 7.59. The summed E-state index contributed by atoms with van der Waals surface area (Å²) in [4.78, 5) is 13.4. The molecule has 7 nitrogen and oxygen atoms in total. The summed E-state index contributed by atoms with van der Waals surface area (Å²) in [5, 5.41) is 0. The summed E-state index contributed by atoms with van der Waals surface area (Å²) < 4.78 is 50.1. The van der Waals surface area contributed by atoms with Gasteiger partial charge >= 0.3 is 5.76 Å². The van der Waals surface area contributed by atoms with Crippen LogP contribution in [0, 0.1) is 5.82 Å². The minimum absolute atomic E-state index is 0.00321. The number of rotatable bonds is 4. The third-order valence-corrected chi connectivity index (χ3v) is 4.49. The molecule has 0 saturated heterocycles. The van der Waals surface area contributed by atoms with Crippen LogP contribution < -0.4 is 15.2 Å². The zero-order valence-electron chi connectivity index (χ0n) is 11.8. The van der Waals surface area contributed by atoms with Crippen LogP contribution in [0.4, 0.5) is 10.1 Å². The van der Waals surface area contributed by atoms with Crippen molar-refractivity contribution in [3.63, 3.8) is 0 Å². The summed E-state index contributed by atoms with van der Waals surface area (Å²) in [6.45, 7) is 0. The minimum Gasteiger partial charge on any atom is -0.494 e. The number of oxazole rings is 1. The lowest BCUT2D eigenvalue weighted by Gasteiger charge is -2.09. The number of hydrogen-bond donors (Lipinski definition) is 2. The minimum atomic E-state index is -3.97. The van der Waals surface area contributed by atoms with E-state index in [-0.39, 0.29) is 21.9 Å². The number of methoxy groups -OCH3 is 1. The molecule has 2 aromatic carbocycles. The molecule has 0 aliphatic heterocycles. The van der Waals surface area contributed by atoms with Crippen molar-refractivity contribution in [1.29, 1.82) is 0 Å². The molecule has 0 bridgehead atoms. The molecular formula is C14H11FN2O5S. The molecule has 23 heavy (non-hydrogen) atoms. The van der Waals surface area contributed by atoms with E-state index in [2.05, 4.69) is 9.71 Å². The van der Waals surface area contributed by atoms with E-state index in [1.165, 1.54) is 37.4 Å². The number of hydrogen-bond acceptors (Lipinski definition) is 5. The molecule has 9 heteroatoms. The van der Waals surface area contributed by atoms with E-state index in [1.807, 2.05) is 0 Å². The molecule has 120 valence electrons. The quantitative estimate of drug-likeness (QED) is 0.758. The molecule has 0 spiro atoms. The molecule has 0 amide bonds. The van der Waals surface area contributed by atoms with E-state index in [0.717, 1.165) is 6.07 Å². The maximum Gasteiger partial charge on any atom is 0.417 e. The van der Waals surface area contributed by atoms with Crippen molar-refractivity contribution in [3.05, 3.63) is 52.8 Å². The Kier molecular flexibility index (Phi) is 3.57. The molecule has 1 aromatic heterocycles. The van der Waals surface area contributed by atoms with Crippen LogP contribution in [0.5, 0.6) is 5.75 Å². The Hall–Kier alpha value is -2.81. The Morgan fingerprint density at radius 2 is 2.00 bits per heavy atom. The van der Waals surface area contributed by atoms with Gasteiger partial charge in [0.2, 0.25) is 0 Å². The molecule has 0 saturated carbocycles. The van der Waals surface area contributed by atoms with Gasteiger partial charge in [-0.15, -0.1) is 0 Å². The molecule has 0 aliphatic carbocycles. The van der Waals surface area contributed by atoms with Gasteiger partial charge in [-0.25, -0.2) is 17.6 Å². The lowest BCUT2D eigenvalue weighted by molar-refractivity contribution is 0.386. The van der Waals surface area contributed by atoms with Crippen LogP contribution in [0.2, 0.25) is 0 Å². The highest BCUT2D eigenvalue weighted by Crippen LogP contribution is 2.24. The SMILES string of the molecule is COc1ccc(NS(=O)(=O)c2ccc3[nH]c(=O)oc3c2)cc1F. The third-order valence-electron chi connectivity index (χ3n) is 3.11. The Bertz CT molecular complexity index is 1040. The van der Waals surface area contributed by atoms with Gasteiger partial charge in [0.15, 0.2) is 17.1 Å². The summed E-state index contributed by atoms with van der Waals surface area (Å²) in [7, 11) is -2.66. The summed E-state index contributed by atoms with van der Waals surface area (Å²) in [5.41, 5.74) is 0.530. The van der Waals surface area contributed by atoms with Crippen molar-refractivity contribution in [2.45, 2.75) is 4.90 Å². The van der Waals surface area contributed by atoms with Gasteiger partial charge in [-0.05, 0) is 24.3 Å². The molecule has 0 atom stereocenters. The number of aromatic amines is 1. The smallest absolute Gasteiger partial charge is 0.417 e. The first-order chi connectivity index (χ1) is 10.9. The van der Waals surface area contributed by atoms with Gasteiger partial charge in [0.25, 0.3) is 10.0 Å². The highest BCUT2D eigenvalue weighted by molar-refractivity contribution is 7.92. The summed E-state index contributed by atoms with van der Waals surface area (Å²) >= 11 is 0. The zero-order chi connectivity index (χ0) is 16.6. The second kappa shape index (κ2) is 5.43. The van der Waals surface area contributed by atoms with Crippen molar-refractivity contribution in [1.82, 2.24) is 4.98 Å². The van der Waals surface area contributed by atoms with Crippen molar-refractivity contribution in [3.8, 4) is 5.75 Å². The third kappa shape index (κ3) is 2.90.